The second-order valence-electron chi connectivity index (χ2n) is 6.95. The number of hydrogen-bond donors (Lipinski definition) is 0. The van der Waals surface area contributed by atoms with Crippen molar-refractivity contribution in [3.63, 3.8) is 0 Å². The van der Waals surface area contributed by atoms with Gasteiger partial charge in [-0.25, -0.2) is 0 Å². The number of rotatable bonds is 14. The normalized spacial score (nSPS) is 22.5. The molecule has 150 valence electrons. The Morgan fingerprint density at radius 1 is 0.926 bits per heavy atom. The standard InChI is InChI=1S/C23H34O4/c1-3-20-17-22(10-9-21-7-5-4-6-8-21)23(18-20)19-27-16-15-26-14-13-25-12-11-24-2/h3-10,20,22-23H,1,11-19H2,2H3/b10-9-. The molecule has 0 amide bonds. The fraction of sp³-hybridized carbons (Fsp3) is 0.565. The van der Waals surface area contributed by atoms with Crippen LogP contribution < -0.4 is 0 Å². The van der Waals surface area contributed by atoms with Crippen LogP contribution in [0.1, 0.15) is 18.4 Å². The zero-order valence-electron chi connectivity index (χ0n) is 16.6. The summed E-state index contributed by atoms with van der Waals surface area (Å²) in [5.41, 5.74) is 1.25. The van der Waals surface area contributed by atoms with Crippen molar-refractivity contribution in [3.8, 4) is 0 Å². The van der Waals surface area contributed by atoms with Crippen molar-refractivity contribution in [1.82, 2.24) is 0 Å². The molecular formula is C23H34O4. The fourth-order valence-electron chi connectivity index (χ4n) is 3.44. The Labute approximate surface area is 164 Å². The lowest BCUT2D eigenvalue weighted by Gasteiger charge is -2.16. The molecule has 4 nitrogen and oxygen atoms in total. The van der Waals surface area contributed by atoms with E-state index in [0.29, 0.717) is 57.4 Å². The molecule has 27 heavy (non-hydrogen) atoms. The van der Waals surface area contributed by atoms with Gasteiger partial charge in [0.1, 0.15) is 0 Å². The summed E-state index contributed by atoms with van der Waals surface area (Å²) in [5, 5.41) is 0. The Balaban J connectivity index is 1.63. The van der Waals surface area contributed by atoms with E-state index in [0.717, 1.165) is 19.4 Å². The number of hydrogen-bond acceptors (Lipinski definition) is 4. The third-order valence-electron chi connectivity index (χ3n) is 4.96. The van der Waals surface area contributed by atoms with Crippen molar-refractivity contribution in [2.45, 2.75) is 12.8 Å². The van der Waals surface area contributed by atoms with Crippen LogP contribution in [0, 0.1) is 17.8 Å². The molecule has 1 aromatic rings. The summed E-state index contributed by atoms with van der Waals surface area (Å²) >= 11 is 0. The lowest BCUT2D eigenvalue weighted by atomic mass is 9.96. The molecule has 0 aliphatic heterocycles. The minimum absolute atomic E-state index is 0.545. The van der Waals surface area contributed by atoms with Crippen molar-refractivity contribution < 1.29 is 18.9 Å². The van der Waals surface area contributed by atoms with Crippen LogP contribution in [0.2, 0.25) is 0 Å². The van der Waals surface area contributed by atoms with Gasteiger partial charge < -0.3 is 18.9 Å². The van der Waals surface area contributed by atoms with E-state index in [2.05, 4.69) is 49.1 Å². The lowest BCUT2D eigenvalue weighted by molar-refractivity contribution is -0.00261. The summed E-state index contributed by atoms with van der Waals surface area (Å²) < 4.78 is 21.7. The zero-order chi connectivity index (χ0) is 19.2. The molecule has 0 saturated heterocycles. The molecule has 0 spiro atoms. The molecule has 2 rings (SSSR count). The van der Waals surface area contributed by atoms with Gasteiger partial charge in [0.05, 0.1) is 46.2 Å². The van der Waals surface area contributed by atoms with E-state index in [1.165, 1.54) is 5.56 Å². The Morgan fingerprint density at radius 2 is 1.59 bits per heavy atom. The summed E-state index contributed by atoms with van der Waals surface area (Å²) in [6, 6.07) is 10.5. The van der Waals surface area contributed by atoms with E-state index in [1.807, 2.05) is 6.07 Å². The lowest BCUT2D eigenvalue weighted by Crippen LogP contribution is -2.16. The van der Waals surface area contributed by atoms with E-state index in [4.69, 9.17) is 18.9 Å². The Hall–Kier alpha value is -1.46. The first-order chi connectivity index (χ1) is 13.3. The Bertz CT molecular complexity index is 528. The molecule has 3 atom stereocenters. The molecule has 0 heterocycles. The maximum atomic E-state index is 5.88. The molecule has 0 radical (unpaired) electrons. The van der Waals surface area contributed by atoms with Crippen LogP contribution >= 0.6 is 0 Å². The van der Waals surface area contributed by atoms with Gasteiger partial charge in [-0.2, -0.15) is 0 Å². The van der Waals surface area contributed by atoms with Crippen molar-refractivity contribution in [1.29, 1.82) is 0 Å². The number of ether oxygens (including phenoxy) is 4. The van der Waals surface area contributed by atoms with E-state index in [9.17, 15) is 0 Å². The molecule has 1 saturated carbocycles. The minimum Gasteiger partial charge on any atom is -0.382 e. The molecule has 0 aromatic heterocycles. The third kappa shape index (κ3) is 8.85. The first-order valence-electron chi connectivity index (χ1n) is 9.91. The van der Waals surface area contributed by atoms with Gasteiger partial charge in [0.15, 0.2) is 0 Å². The van der Waals surface area contributed by atoms with Crippen LogP contribution in [-0.4, -0.2) is 53.4 Å². The summed E-state index contributed by atoms with van der Waals surface area (Å²) in [4.78, 5) is 0. The average Bonchev–Trinajstić information content (AvgIpc) is 3.11. The van der Waals surface area contributed by atoms with Crippen molar-refractivity contribution in [2.75, 3.05) is 53.4 Å². The molecular weight excluding hydrogens is 340 g/mol. The van der Waals surface area contributed by atoms with Gasteiger partial charge in [-0.05, 0) is 36.2 Å². The first kappa shape index (κ1) is 21.8. The van der Waals surface area contributed by atoms with E-state index >= 15 is 0 Å². The van der Waals surface area contributed by atoms with E-state index in [-0.39, 0.29) is 0 Å². The summed E-state index contributed by atoms with van der Waals surface area (Å²) in [5.74, 6) is 1.68. The van der Waals surface area contributed by atoms with Gasteiger partial charge >= 0.3 is 0 Å². The maximum Gasteiger partial charge on any atom is 0.0701 e. The smallest absolute Gasteiger partial charge is 0.0701 e. The second-order valence-corrected chi connectivity index (χ2v) is 6.95. The predicted octanol–water partition coefficient (Wildman–Crippen LogP) is 4.22. The van der Waals surface area contributed by atoms with Crippen molar-refractivity contribution >= 4 is 6.08 Å². The Kier molecular flexibility index (Phi) is 11.1. The monoisotopic (exact) mass is 374 g/mol. The van der Waals surface area contributed by atoms with Crippen LogP contribution in [0.5, 0.6) is 0 Å². The molecule has 3 unspecified atom stereocenters. The summed E-state index contributed by atoms with van der Waals surface area (Å²) in [6.45, 7) is 8.42. The van der Waals surface area contributed by atoms with Crippen LogP contribution in [0.25, 0.3) is 6.08 Å². The highest BCUT2D eigenvalue weighted by Crippen LogP contribution is 2.38. The van der Waals surface area contributed by atoms with Crippen LogP contribution in [0.4, 0.5) is 0 Å². The molecule has 4 heteroatoms. The van der Waals surface area contributed by atoms with Crippen molar-refractivity contribution in [3.05, 3.63) is 54.6 Å². The fourth-order valence-corrected chi connectivity index (χ4v) is 3.44. The summed E-state index contributed by atoms with van der Waals surface area (Å²) in [7, 11) is 1.67. The van der Waals surface area contributed by atoms with Crippen LogP contribution in [0.3, 0.4) is 0 Å². The van der Waals surface area contributed by atoms with Crippen LogP contribution in [-0.2, 0) is 18.9 Å². The second kappa shape index (κ2) is 13.7. The third-order valence-corrected chi connectivity index (χ3v) is 4.96. The number of allylic oxidation sites excluding steroid dienone is 2. The quantitative estimate of drug-likeness (QED) is 0.361. The highest BCUT2D eigenvalue weighted by molar-refractivity contribution is 5.49. The largest absolute Gasteiger partial charge is 0.382 e. The highest BCUT2D eigenvalue weighted by Gasteiger charge is 2.31. The molecule has 1 aromatic carbocycles. The van der Waals surface area contributed by atoms with Gasteiger partial charge in [-0.1, -0.05) is 48.6 Å². The predicted molar refractivity (Wildman–Crippen MR) is 110 cm³/mol. The van der Waals surface area contributed by atoms with Gasteiger partial charge in [0, 0.05) is 7.11 Å². The summed E-state index contributed by atoms with van der Waals surface area (Å²) in [6.07, 6.45) is 8.99. The van der Waals surface area contributed by atoms with Crippen molar-refractivity contribution in [2.24, 2.45) is 17.8 Å². The topological polar surface area (TPSA) is 36.9 Å². The molecule has 1 aliphatic rings. The van der Waals surface area contributed by atoms with Gasteiger partial charge in [-0.3, -0.25) is 0 Å². The Morgan fingerprint density at radius 3 is 2.26 bits per heavy atom. The van der Waals surface area contributed by atoms with E-state index in [1.54, 1.807) is 7.11 Å². The minimum atomic E-state index is 0.545. The number of benzene rings is 1. The SMILES string of the molecule is C=CC1CC(/C=C\c2ccccc2)C(COCCOCCOCCOC)C1. The van der Waals surface area contributed by atoms with Crippen LogP contribution in [0.15, 0.2) is 49.1 Å². The maximum absolute atomic E-state index is 5.88. The first-order valence-corrected chi connectivity index (χ1v) is 9.91. The molecule has 0 bridgehead atoms. The molecule has 1 fully saturated rings. The molecule has 1 aliphatic carbocycles. The van der Waals surface area contributed by atoms with Gasteiger partial charge in [-0.15, -0.1) is 6.58 Å². The molecule has 0 N–H and O–H groups in total. The van der Waals surface area contributed by atoms with Gasteiger partial charge in [0.2, 0.25) is 0 Å². The average molecular weight is 375 g/mol. The van der Waals surface area contributed by atoms with Gasteiger partial charge in [0.25, 0.3) is 0 Å². The van der Waals surface area contributed by atoms with E-state index < -0.39 is 0 Å². The highest BCUT2D eigenvalue weighted by atomic mass is 16.6. The number of methoxy groups -OCH3 is 1. The zero-order valence-corrected chi connectivity index (χ0v) is 16.6.